The zero-order valence-electron chi connectivity index (χ0n) is 8.65. The smallest absolute Gasteiger partial charge is 0.175 e. The van der Waals surface area contributed by atoms with E-state index < -0.39 is 5.67 Å². The molecule has 16 heavy (non-hydrogen) atoms. The third-order valence-corrected chi connectivity index (χ3v) is 2.91. The summed E-state index contributed by atoms with van der Waals surface area (Å²) in [5, 5.41) is 0.923. The molecule has 1 unspecified atom stereocenters. The highest BCUT2D eigenvalue weighted by atomic mass is 19.1. The highest BCUT2D eigenvalue weighted by molar-refractivity contribution is 5.85. The molecule has 0 amide bonds. The standard InChI is InChI=1S/C13H11FN2/c14-13(6-3-7-15-9-13)11-8-16-12-5-2-1-4-10(11)12/h1-8,16H,9H2. The average Bonchev–Trinajstić information content (AvgIpc) is 2.74. The summed E-state index contributed by atoms with van der Waals surface area (Å²) in [6.07, 6.45) is 6.59. The number of aromatic amines is 1. The Hall–Kier alpha value is -1.90. The Morgan fingerprint density at radius 3 is 3.00 bits per heavy atom. The van der Waals surface area contributed by atoms with E-state index in [9.17, 15) is 4.39 Å². The van der Waals surface area contributed by atoms with E-state index in [0.29, 0.717) is 5.56 Å². The number of aromatic nitrogens is 1. The lowest BCUT2D eigenvalue weighted by Gasteiger charge is -2.20. The molecule has 0 radical (unpaired) electrons. The Bertz CT molecular complexity index is 582. The second kappa shape index (κ2) is 3.30. The zero-order valence-corrected chi connectivity index (χ0v) is 8.65. The van der Waals surface area contributed by atoms with Crippen LogP contribution < -0.4 is 0 Å². The molecule has 0 saturated carbocycles. The molecule has 2 nitrogen and oxygen atoms in total. The van der Waals surface area contributed by atoms with E-state index in [0.717, 1.165) is 10.9 Å². The summed E-state index contributed by atoms with van der Waals surface area (Å²) in [5.41, 5.74) is 0.141. The van der Waals surface area contributed by atoms with Crippen LogP contribution in [0.5, 0.6) is 0 Å². The maximum atomic E-state index is 14.6. The van der Waals surface area contributed by atoms with Crippen molar-refractivity contribution in [2.45, 2.75) is 5.67 Å². The van der Waals surface area contributed by atoms with Gasteiger partial charge in [-0.05, 0) is 18.2 Å². The number of halogens is 1. The number of allylic oxidation sites excluding steroid dienone is 1. The molecule has 0 bridgehead atoms. The Kier molecular flexibility index (Phi) is 1.93. The van der Waals surface area contributed by atoms with E-state index in [4.69, 9.17) is 0 Å². The minimum atomic E-state index is -1.48. The first-order valence-electron chi connectivity index (χ1n) is 5.23. The van der Waals surface area contributed by atoms with Crippen molar-refractivity contribution < 1.29 is 4.39 Å². The van der Waals surface area contributed by atoms with Gasteiger partial charge in [0.2, 0.25) is 0 Å². The normalized spacial score (nSPS) is 24.1. The first-order valence-corrected chi connectivity index (χ1v) is 5.23. The summed E-state index contributed by atoms with van der Waals surface area (Å²) < 4.78 is 14.6. The van der Waals surface area contributed by atoms with Gasteiger partial charge in [0.25, 0.3) is 0 Å². The van der Waals surface area contributed by atoms with Crippen molar-refractivity contribution in [1.82, 2.24) is 4.98 Å². The predicted molar refractivity (Wildman–Crippen MR) is 63.6 cm³/mol. The number of nitrogens with one attached hydrogen (secondary N) is 1. The molecule has 1 atom stereocenters. The Balaban J connectivity index is 2.19. The number of rotatable bonds is 1. The molecule has 0 fully saturated rings. The summed E-state index contributed by atoms with van der Waals surface area (Å²) in [6, 6.07) is 7.72. The molecule has 1 N–H and O–H groups in total. The summed E-state index contributed by atoms with van der Waals surface area (Å²) >= 11 is 0. The molecule has 3 rings (SSSR count). The topological polar surface area (TPSA) is 28.1 Å². The zero-order chi connectivity index (χ0) is 11.0. The summed E-state index contributed by atoms with van der Waals surface area (Å²) in [7, 11) is 0. The van der Waals surface area contributed by atoms with Crippen molar-refractivity contribution in [3.8, 4) is 0 Å². The molecule has 1 aliphatic heterocycles. The summed E-state index contributed by atoms with van der Waals surface area (Å²) in [6.45, 7) is 0.158. The van der Waals surface area contributed by atoms with Crippen LogP contribution in [0, 0.1) is 0 Å². The molecule has 3 heteroatoms. The van der Waals surface area contributed by atoms with Gasteiger partial charge in [-0.1, -0.05) is 18.2 Å². The van der Waals surface area contributed by atoms with Crippen molar-refractivity contribution in [3.63, 3.8) is 0 Å². The fourth-order valence-corrected chi connectivity index (χ4v) is 2.08. The van der Waals surface area contributed by atoms with Crippen molar-refractivity contribution in [1.29, 1.82) is 0 Å². The fraction of sp³-hybridized carbons (Fsp3) is 0.154. The molecule has 1 aromatic carbocycles. The van der Waals surface area contributed by atoms with Crippen LogP contribution in [0.1, 0.15) is 5.56 Å². The number of hydrogen-bond donors (Lipinski definition) is 1. The molecule has 2 aromatic rings. The molecular formula is C13H11FN2. The van der Waals surface area contributed by atoms with Gasteiger partial charge in [-0.3, -0.25) is 4.99 Å². The maximum absolute atomic E-state index is 14.6. The number of H-pyrrole nitrogens is 1. The maximum Gasteiger partial charge on any atom is 0.175 e. The molecule has 0 saturated heterocycles. The Morgan fingerprint density at radius 1 is 1.31 bits per heavy atom. The molecule has 80 valence electrons. The fourth-order valence-electron chi connectivity index (χ4n) is 2.08. The van der Waals surface area contributed by atoms with Crippen LogP contribution in [0.25, 0.3) is 10.9 Å². The highest BCUT2D eigenvalue weighted by Crippen LogP contribution is 2.34. The predicted octanol–water partition coefficient (Wildman–Crippen LogP) is 2.97. The molecule has 1 aliphatic rings. The lowest BCUT2D eigenvalue weighted by Crippen LogP contribution is -2.22. The Labute approximate surface area is 92.5 Å². The third-order valence-electron chi connectivity index (χ3n) is 2.91. The van der Waals surface area contributed by atoms with Crippen molar-refractivity contribution in [3.05, 3.63) is 48.2 Å². The van der Waals surface area contributed by atoms with E-state index in [1.54, 1.807) is 24.6 Å². The molecule has 1 aromatic heterocycles. The second-order valence-electron chi connectivity index (χ2n) is 3.96. The first kappa shape index (κ1) is 9.33. The number of hydrogen-bond acceptors (Lipinski definition) is 1. The van der Waals surface area contributed by atoms with Gasteiger partial charge in [0.1, 0.15) is 0 Å². The third kappa shape index (κ3) is 1.28. The number of alkyl halides is 1. The number of aliphatic imine (C=N–C) groups is 1. The summed E-state index contributed by atoms with van der Waals surface area (Å²) in [5.74, 6) is 0. The van der Waals surface area contributed by atoms with Gasteiger partial charge in [0.05, 0.1) is 6.54 Å². The minimum absolute atomic E-state index is 0.158. The van der Waals surface area contributed by atoms with Gasteiger partial charge in [0, 0.05) is 28.9 Å². The van der Waals surface area contributed by atoms with Crippen molar-refractivity contribution >= 4 is 17.1 Å². The van der Waals surface area contributed by atoms with Gasteiger partial charge in [-0.15, -0.1) is 0 Å². The van der Waals surface area contributed by atoms with Crippen molar-refractivity contribution in [2.24, 2.45) is 4.99 Å². The molecular weight excluding hydrogens is 203 g/mol. The van der Waals surface area contributed by atoms with E-state index in [2.05, 4.69) is 9.98 Å². The van der Waals surface area contributed by atoms with E-state index in [1.807, 2.05) is 24.3 Å². The number of nitrogens with zero attached hydrogens (tertiary/aromatic N) is 1. The van der Waals surface area contributed by atoms with Crippen LogP contribution in [0.2, 0.25) is 0 Å². The molecule has 0 spiro atoms. The van der Waals surface area contributed by atoms with Crippen molar-refractivity contribution in [2.75, 3.05) is 6.54 Å². The first-order chi connectivity index (χ1) is 7.80. The van der Waals surface area contributed by atoms with Crippen LogP contribution in [-0.4, -0.2) is 17.7 Å². The van der Waals surface area contributed by atoms with Crippen LogP contribution in [0.4, 0.5) is 4.39 Å². The van der Waals surface area contributed by atoms with Crippen LogP contribution >= 0.6 is 0 Å². The highest BCUT2D eigenvalue weighted by Gasteiger charge is 2.32. The lowest BCUT2D eigenvalue weighted by molar-refractivity contribution is 0.246. The quantitative estimate of drug-likeness (QED) is 0.756. The largest absolute Gasteiger partial charge is 0.361 e. The number of benzene rings is 1. The van der Waals surface area contributed by atoms with E-state index in [1.165, 1.54) is 0 Å². The van der Waals surface area contributed by atoms with Crippen LogP contribution in [0.3, 0.4) is 0 Å². The monoisotopic (exact) mass is 214 g/mol. The average molecular weight is 214 g/mol. The van der Waals surface area contributed by atoms with Gasteiger partial charge in [0.15, 0.2) is 5.67 Å². The number of dihydropyridines is 1. The number of fused-ring (bicyclic) bond motifs is 1. The lowest BCUT2D eigenvalue weighted by atomic mass is 9.94. The second-order valence-corrected chi connectivity index (χ2v) is 3.96. The number of para-hydroxylation sites is 1. The van der Waals surface area contributed by atoms with Gasteiger partial charge in [-0.2, -0.15) is 0 Å². The molecule has 2 heterocycles. The Morgan fingerprint density at radius 2 is 2.19 bits per heavy atom. The summed E-state index contributed by atoms with van der Waals surface area (Å²) in [4.78, 5) is 7.08. The van der Waals surface area contributed by atoms with E-state index >= 15 is 0 Å². The SMILES string of the molecule is FC1(c2c[nH]c3ccccc23)C=CC=NC1. The van der Waals surface area contributed by atoms with Gasteiger partial charge in [-0.25, -0.2) is 4.39 Å². The van der Waals surface area contributed by atoms with Gasteiger partial charge < -0.3 is 4.98 Å². The van der Waals surface area contributed by atoms with E-state index in [-0.39, 0.29) is 6.54 Å². The minimum Gasteiger partial charge on any atom is -0.361 e. The van der Waals surface area contributed by atoms with Crippen LogP contribution in [0.15, 0.2) is 47.6 Å². The van der Waals surface area contributed by atoms with Crippen LogP contribution in [-0.2, 0) is 5.67 Å². The molecule has 0 aliphatic carbocycles. The van der Waals surface area contributed by atoms with Gasteiger partial charge >= 0.3 is 0 Å².